The molecule has 1 aromatic carbocycles. The molecule has 2 aliphatic rings. The SMILES string of the molecule is CC(C)(C)OC(=O)C(N)c1ccc2c(c1)C1(CCNCC1)CO2. The third-order valence-electron chi connectivity index (χ3n) is 4.66. The highest BCUT2D eigenvalue weighted by molar-refractivity contribution is 5.78. The van der Waals surface area contributed by atoms with Gasteiger partial charge >= 0.3 is 5.97 Å². The molecular weight excluding hydrogens is 292 g/mol. The van der Waals surface area contributed by atoms with Crippen LogP contribution in [0.2, 0.25) is 0 Å². The third-order valence-corrected chi connectivity index (χ3v) is 4.66. The number of fused-ring (bicyclic) bond motifs is 2. The van der Waals surface area contributed by atoms with E-state index in [1.54, 1.807) is 0 Å². The van der Waals surface area contributed by atoms with Crippen LogP contribution < -0.4 is 15.8 Å². The Hall–Kier alpha value is -1.59. The van der Waals surface area contributed by atoms with Crippen molar-refractivity contribution in [1.82, 2.24) is 5.32 Å². The molecule has 0 aliphatic carbocycles. The molecule has 1 saturated heterocycles. The molecule has 1 atom stereocenters. The van der Waals surface area contributed by atoms with Crippen LogP contribution in [0.4, 0.5) is 0 Å². The average molecular weight is 318 g/mol. The van der Waals surface area contributed by atoms with E-state index in [9.17, 15) is 4.79 Å². The number of hydrogen-bond donors (Lipinski definition) is 2. The van der Waals surface area contributed by atoms with E-state index >= 15 is 0 Å². The van der Waals surface area contributed by atoms with Gasteiger partial charge in [-0.25, -0.2) is 4.79 Å². The van der Waals surface area contributed by atoms with E-state index in [0.717, 1.165) is 43.9 Å². The summed E-state index contributed by atoms with van der Waals surface area (Å²) in [6, 6.07) is 5.08. The fourth-order valence-corrected chi connectivity index (χ4v) is 3.40. The predicted molar refractivity (Wildman–Crippen MR) is 88.5 cm³/mol. The number of nitrogens with two attached hydrogens (primary N) is 1. The van der Waals surface area contributed by atoms with Crippen molar-refractivity contribution < 1.29 is 14.3 Å². The zero-order valence-corrected chi connectivity index (χ0v) is 14.1. The van der Waals surface area contributed by atoms with Gasteiger partial charge in [-0.05, 0) is 64.4 Å². The van der Waals surface area contributed by atoms with Gasteiger partial charge in [0, 0.05) is 11.0 Å². The maximum Gasteiger partial charge on any atom is 0.328 e. The van der Waals surface area contributed by atoms with Crippen molar-refractivity contribution in [2.24, 2.45) is 5.73 Å². The summed E-state index contributed by atoms with van der Waals surface area (Å²) in [4.78, 5) is 12.2. The van der Waals surface area contributed by atoms with Crippen LogP contribution in [-0.2, 0) is 14.9 Å². The summed E-state index contributed by atoms with van der Waals surface area (Å²) in [6.45, 7) is 8.24. The Balaban J connectivity index is 1.86. The number of esters is 1. The van der Waals surface area contributed by atoms with Gasteiger partial charge in [0.25, 0.3) is 0 Å². The van der Waals surface area contributed by atoms with Crippen LogP contribution in [0.3, 0.4) is 0 Å². The Morgan fingerprint density at radius 3 is 2.70 bits per heavy atom. The highest BCUT2D eigenvalue weighted by Crippen LogP contribution is 2.45. The van der Waals surface area contributed by atoms with Gasteiger partial charge in [0.1, 0.15) is 17.4 Å². The Morgan fingerprint density at radius 1 is 1.35 bits per heavy atom. The average Bonchev–Trinajstić information content (AvgIpc) is 2.84. The van der Waals surface area contributed by atoms with Gasteiger partial charge in [-0.2, -0.15) is 0 Å². The number of carbonyl (C=O) groups is 1. The minimum atomic E-state index is -0.765. The van der Waals surface area contributed by atoms with E-state index < -0.39 is 17.6 Å². The molecule has 2 heterocycles. The van der Waals surface area contributed by atoms with Crippen LogP contribution in [0, 0.1) is 0 Å². The third kappa shape index (κ3) is 3.21. The van der Waals surface area contributed by atoms with Crippen LogP contribution in [-0.4, -0.2) is 31.3 Å². The van der Waals surface area contributed by atoms with Gasteiger partial charge in [-0.15, -0.1) is 0 Å². The highest BCUT2D eigenvalue weighted by Gasteiger charge is 2.42. The lowest BCUT2D eigenvalue weighted by molar-refractivity contribution is -0.156. The molecule has 0 aromatic heterocycles. The molecule has 1 aromatic rings. The number of nitrogens with one attached hydrogen (secondary N) is 1. The van der Waals surface area contributed by atoms with Gasteiger partial charge < -0.3 is 20.5 Å². The summed E-state index contributed by atoms with van der Waals surface area (Å²) >= 11 is 0. The number of carbonyl (C=O) groups excluding carboxylic acids is 1. The number of benzene rings is 1. The lowest BCUT2D eigenvalue weighted by Crippen LogP contribution is -2.41. The molecule has 1 spiro atoms. The molecule has 1 unspecified atom stereocenters. The van der Waals surface area contributed by atoms with E-state index in [0.29, 0.717) is 0 Å². The number of piperidine rings is 1. The zero-order valence-electron chi connectivity index (χ0n) is 14.1. The van der Waals surface area contributed by atoms with Crippen LogP contribution in [0.15, 0.2) is 18.2 Å². The normalized spacial score (nSPS) is 20.7. The quantitative estimate of drug-likeness (QED) is 0.816. The minimum Gasteiger partial charge on any atom is -0.492 e. The van der Waals surface area contributed by atoms with Gasteiger partial charge in [0.15, 0.2) is 0 Å². The molecule has 126 valence electrons. The molecule has 5 heteroatoms. The lowest BCUT2D eigenvalue weighted by atomic mass is 9.74. The second-order valence-electron chi connectivity index (χ2n) is 7.59. The first-order valence-corrected chi connectivity index (χ1v) is 8.27. The van der Waals surface area contributed by atoms with Crippen molar-refractivity contribution in [2.75, 3.05) is 19.7 Å². The fourth-order valence-electron chi connectivity index (χ4n) is 3.40. The van der Waals surface area contributed by atoms with Gasteiger partial charge in [0.05, 0.1) is 6.61 Å². The molecule has 1 fully saturated rings. The molecule has 3 rings (SSSR count). The molecule has 5 nitrogen and oxygen atoms in total. The Morgan fingerprint density at radius 2 is 2.04 bits per heavy atom. The molecule has 0 saturated carbocycles. The van der Waals surface area contributed by atoms with Crippen LogP contribution >= 0.6 is 0 Å². The van der Waals surface area contributed by atoms with Crippen molar-refractivity contribution in [2.45, 2.75) is 50.7 Å². The summed E-state index contributed by atoms with van der Waals surface area (Å²) in [7, 11) is 0. The molecule has 3 N–H and O–H groups in total. The van der Waals surface area contributed by atoms with E-state index in [2.05, 4.69) is 5.32 Å². The summed E-state index contributed by atoms with van der Waals surface area (Å²) in [6.07, 6.45) is 2.09. The Bertz CT molecular complexity index is 595. The van der Waals surface area contributed by atoms with Crippen LogP contribution in [0.1, 0.15) is 50.8 Å². The Labute approximate surface area is 137 Å². The number of ether oxygens (including phenoxy) is 2. The topological polar surface area (TPSA) is 73.6 Å². The van der Waals surface area contributed by atoms with Crippen LogP contribution in [0.25, 0.3) is 0 Å². The summed E-state index contributed by atoms with van der Waals surface area (Å²) < 4.78 is 11.3. The van der Waals surface area contributed by atoms with E-state index in [4.69, 9.17) is 15.2 Å². The summed E-state index contributed by atoms with van der Waals surface area (Å²) in [5.74, 6) is 0.530. The van der Waals surface area contributed by atoms with Crippen molar-refractivity contribution >= 4 is 5.97 Å². The largest absolute Gasteiger partial charge is 0.492 e. The summed E-state index contributed by atoms with van der Waals surface area (Å²) in [5, 5.41) is 3.39. The smallest absolute Gasteiger partial charge is 0.328 e. The first-order chi connectivity index (χ1) is 10.8. The van der Waals surface area contributed by atoms with Crippen LogP contribution in [0.5, 0.6) is 5.75 Å². The van der Waals surface area contributed by atoms with Crippen molar-refractivity contribution in [1.29, 1.82) is 0 Å². The number of rotatable bonds is 2. The van der Waals surface area contributed by atoms with Gasteiger partial charge in [0.2, 0.25) is 0 Å². The van der Waals surface area contributed by atoms with Crippen molar-refractivity contribution in [3.8, 4) is 5.75 Å². The molecule has 23 heavy (non-hydrogen) atoms. The summed E-state index contributed by atoms with van der Waals surface area (Å²) in [5.41, 5.74) is 7.64. The molecule has 0 radical (unpaired) electrons. The van der Waals surface area contributed by atoms with Crippen molar-refractivity contribution in [3.63, 3.8) is 0 Å². The monoisotopic (exact) mass is 318 g/mol. The molecule has 0 bridgehead atoms. The first-order valence-electron chi connectivity index (χ1n) is 8.27. The molecular formula is C18H26N2O3. The van der Waals surface area contributed by atoms with Gasteiger partial charge in [-0.1, -0.05) is 6.07 Å². The van der Waals surface area contributed by atoms with Crippen molar-refractivity contribution in [3.05, 3.63) is 29.3 Å². The lowest BCUT2D eigenvalue weighted by Gasteiger charge is -2.33. The fraction of sp³-hybridized carbons (Fsp3) is 0.611. The number of hydrogen-bond acceptors (Lipinski definition) is 5. The minimum absolute atomic E-state index is 0.0598. The predicted octanol–water partition coefficient (Wildman–Crippen LogP) is 2.04. The maximum absolute atomic E-state index is 12.2. The maximum atomic E-state index is 12.2. The standard InChI is InChI=1S/C18H26N2O3/c1-17(2,3)23-16(21)15(19)12-4-5-14-13(10-12)18(11-22-14)6-8-20-9-7-18/h4-5,10,15,20H,6-9,11,19H2,1-3H3. The van der Waals surface area contributed by atoms with E-state index in [1.807, 2.05) is 39.0 Å². The Kier molecular flexibility index (Phi) is 4.10. The molecule has 0 amide bonds. The second kappa shape index (κ2) is 5.80. The molecule has 2 aliphatic heterocycles. The first kappa shape index (κ1) is 16.3. The second-order valence-corrected chi connectivity index (χ2v) is 7.59. The van der Waals surface area contributed by atoms with E-state index in [1.165, 1.54) is 5.56 Å². The zero-order chi connectivity index (χ0) is 16.7. The van der Waals surface area contributed by atoms with Gasteiger partial charge in [-0.3, -0.25) is 0 Å². The van der Waals surface area contributed by atoms with E-state index in [-0.39, 0.29) is 5.41 Å². The highest BCUT2D eigenvalue weighted by atomic mass is 16.6.